The molecule has 0 saturated carbocycles. The van der Waals surface area contributed by atoms with Crippen molar-refractivity contribution in [1.29, 1.82) is 0 Å². The predicted molar refractivity (Wildman–Crippen MR) is 84.4 cm³/mol. The van der Waals surface area contributed by atoms with Gasteiger partial charge >= 0.3 is 0 Å². The summed E-state index contributed by atoms with van der Waals surface area (Å²) in [6, 6.07) is 4.67. The number of aliphatic hydroxyl groups excluding tert-OH is 1. The zero-order valence-corrected chi connectivity index (χ0v) is 13.1. The van der Waals surface area contributed by atoms with Crippen molar-refractivity contribution in [3.05, 3.63) is 35.1 Å². The third kappa shape index (κ3) is 4.78. The fraction of sp³-hybridized carbons (Fsp3) is 0.588. The van der Waals surface area contributed by atoms with Gasteiger partial charge in [-0.1, -0.05) is 0 Å². The minimum absolute atomic E-state index is 0.225. The molecule has 122 valence electrons. The molecule has 1 aliphatic rings. The Hall–Kier alpha value is -1.46. The Balaban J connectivity index is 1.67. The van der Waals surface area contributed by atoms with Gasteiger partial charge in [0.1, 0.15) is 5.82 Å². The number of aliphatic hydroxyl groups is 1. The molecule has 22 heavy (non-hydrogen) atoms. The second-order valence-electron chi connectivity index (χ2n) is 5.99. The quantitative estimate of drug-likeness (QED) is 0.759. The van der Waals surface area contributed by atoms with Crippen molar-refractivity contribution in [2.75, 3.05) is 26.2 Å². The molecule has 4 nitrogen and oxygen atoms in total. The number of hydrogen-bond donors (Lipinski definition) is 2. The molecule has 1 aromatic rings. The lowest BCUT2D eigenvalue weighted by Gasteiger charge is -2.22. The molecule has 0 aromatic heterocycles. The molecule has 1 atom stereocenters. The number of unbranched alkanes of at least 4 members (excludes halogenated alkanes) is 1. The van der Waals surface area contributed by atoms with E-state index in [1.165, 1.54) is 12.1 Å². The van der Waals surface area contributed by atoms with Gasteiger partial charge in [-0.3, -0.25) is 9.69 Å². The Kier molecular flexibility index (Phi) is 6.34. The molecule has 1 amide bonds. The first kappa shape index (κ1) is 16.9. The summed E-state index contributed by atoms with van der Waals surface area (Å²) < 4.78 is 13.3. The summed E-state index contributed by atoms with van der Waals surface area (Å²) in [5.74, 6) is -0.605. The van der Waals surface area contributed by atoms with Crippen LogP contribution < -0.4 is 5.32 Å². The van der Waals surface area contributed by atoms with E-state index < -0.39 is 0 Å². The van der Waals surface area contributed by atoms with Crippen molar-refractivity contribution in [3.63, 3.8) is 0 Å². The SMILES string of the molecule is Cc1cc(F)cc(C(=O)NCCCCN2CCCC2CO)c1. The van der Waals surface area contributed by atoms with E-state index in [9.17, 15) is 14.3 Å². The molecule has 1 fully saturated rings. The monoisotopic (exact) mass is 308 g/mol. The minimum Gasteiger partial charge on any atom is -0.395 e. The fourth-order valence-corrected chi connectivity index (χ4v) is 3.01. The van der Waals surface area contributed by atoms with Crippen molar-refractivity contribution < 1.29 is 14.3 Å². The van der Waals surface area contributed by atoms with Gasteiger partial charge in [0, 0.05) is 18.2 Å². The molecule has 1 aliphatic heterocycles. The second kappa shape index (κ2) is 8.25. The van der Waals surface area contributed by atoms with E-state index in [0.717, 1.165) is 44.3 Å². The molecule has 0 bridgehead atoms. The van der Waals surface area contributed by atoms with Crippen LogP contribution in [-0.4, -0.2) is 48.2 Å². The van der Waals surface area contributed by atoms with Gasteiger partial charge in [-0.05, 0) is 69.5 Å². The number of hydrogen-bond acceptors (Lipinski definition) is 3. The van der Waals surface area contributed by atoms with Crippen LogP contribution in [0.1, 0.15) is 41.6 Å². The molecule has 1 saturated heterocycles. The van der Waals surface area contributed by atoms with Crippen molar-refractivity contribution in [1.82, 2.24) is 10.2 Å². The summed E-state index contributed by atoms with van der Waals surface area (Å²) in [5.41, 5.74) is 1.12. The van der Waals surface area contributed by atoms with Gasteiger partial charge in [-0.15, -0.1) is 0 Å². The third-order valence-electron chi connectivity index (χ3n) is 4.17. The smallest absolute Gasteiger partial charge is 0.251 e. The lowest BCUT2D eigenvalue weighted by atomic mass is 10.1. The topological polar surface area (TPSA) is 52.6 Å². The first-order valence-corrected chi connectivity index (χ1v) is 8.00. The highest BCUT2D eigenvalue weighted by Crippen LogP contribution is 2.16. The van der Waals surface area contributed by atoms with Crippen LogP contribution >= 0.6 is 0 Å². The van der Waals surface area contributed by atoms with Gasteiger partial charge in [-0.2, -0.15) is 0 Å². The lowest BCUT2D eigenvalue weighted by molar-refractivity contribution is 0.0951. The van der Waals surface area contributed by atoms with E-state index in [1.54, 1.807) is 13.0 Å². The van der Waals surface area contributed by atoms with E-state index in [2.05, 4.69) is 10.2 Å². The fourth-order valence-electron chi connectivity index (χ4n) is 3.01. The van der Waals surface area contributed by atoms with Crippen LogP contribution in [0.3, 0.4) is 0 Å². The number of carbonyl (C=O) groups excluding carboxylic acids is 1. The standard InChI is InChI=1S/C17H25FN2O2/c1-13-9-14(11-15(18)10-13)17(22)19-6-2-3-7-20-8-4-5-16(20)12-21/h9-11,16,21H,2-8,12H2,1H3,(H,19,22). The van der Waals surface area contributed by atoms with E-state index in [0.29, 0.717) is 18.2 Å². The molecule has 0 radical (unpaired) electrons. The van der Waals surface area contributed by atoms with E-state index in [-0.39, 0.29) is 18.3 Å². The summed E-state index contributed by atoms with van der Waals surface area (Å²) in [4.78, 5) is 14.3. The van der Waals surface area contributed by atoms with Gasteiger partial charge in [0.05, 0.1) is 6.61 Å². The maximum Gasteiger partial charge on any atom is 0.251 e. The van der Waals surface area contributed by atoms with Crippen molar-refractivity contribution >= 4 is 5.91 Å². The largest absolute Gasteiger partial charge is 0.395 e. The molecular formula is C17H25FN2O2. The van der Waals surface area contributed by atoms with E-state index >= 15 is 0 Å². The molecule has 2 N–H and O–H groups in total. The second-order valence-corrected chi connectivity index (χ2v) is 5.99. The zero-order chi connectivity index (χ0) is 15.9. The van der Waals surface area contributed by atoms with Crippen molar-refractivity contribution in [2.24, 2.45) is 0 Å². The number of benzene rings is 1. The summed E-state index contributed by atoms with van der Waals surface area (Å²) in [5, 5.41) is 12.1. The number of rotatable bonds is 7. The summed E-state index contributed by atoms with van der Waals surface area (Å²) in [7, 11) is 0. The molecule has 5 heteroatoms. The Labute approximate surface area is 131 Å². The van der Waals surface area contributed by atoms with Gasteiger partial charge in [-0.25, -0.2) is 4.39 Å². The average Bonchev–Trinajstić information content (AvgIpc) is 2.93. The van der Waals surface area contributed by atoms with E-state index in [1.807, 2.05) is 0 Å². The lowest BCUT2D eigenvalue weighted by Crippen LogP contribution is -2.33. The van der Waals surface area contributed by atoms with E-state index in [4.69, 9.17) is 0 Å². The van der Waals surface area contributed by atoms with Gasteiger partial charge in [0.25, 0.3) is 5.91 Å². The Morgan fingerprint density at radius 2 is 2.23 bits per heavy atom. The highest BCUT2D eigenvalue weighted by atomic mass is 19.1. The van der Waals surface area contributed by atoms with Crippen molar-refractivity contribution in [3.8, 4) is 0 Å². The molecule has 2 rings (SSSR count). The summed E-state index contributed by atoms with van der Waals surface area (Å²) in [6.45, 7) is 4.61. The van der Waals surface area contributed by atoms with Crippen molar-refractivity contribution in [2.45, 2.75) is 38.6 Å². The number of amides is 1. The Bertz CT molecular complexity index is 487. The van der Waals surface area contributed by atoms with Gasteiger partial charge in [0.15, 0.2) is 0 Å². The number of halogens is 1. The number of nitrogens with zero attached hydrogens (tertiary/aromatic N) is 1. The number of likely N-dealkylation sites (tertiary alicyclic amines) is 1. The summed E-state index contributed by atoms with van der Waals surface area (Å²) >= 11 is 0. The molecule has 1 heterocycles. The third-order valence-corrected chi connectivity index (χ3v) is 4.17. The van der Waals surface area contributed by atoms with Gasteiger partial charge < -0.3 is 10.4 Å². The van der Waals surface area contributed by atoms with Crippen LogP contribution in [0.15, 0.2) is 18.2 Å². The predicted octanol–water partition coefficient (Wildman–Crippen LogP) is 2.10. The molecule has 0 aliphatic carbocycles. The van der Waals surface area contributed by atoms with Crippen LogP contribution in [0.25, 0.3) is 0 Å². The normalized spacial score (nSPS) is 18.6. The minimum atomic E-state index is -0.380. The number of nitrogens with one attached hydrogen (secondary N) is 1. The molecular weight excluding hydrogens is 283 g/mol. The first-order chi connectivity index (χ1) is 10.6. The highest BCUT2D eigenvalue weighted by Gasteiger charge is 2.22. The van der Waals surface area contributed by atoms with Crippen LogP contribution in [0.2, 0.25) is 0 Å². The van der Waals surface area contributed by atoms with Gasteiger partial charge in [0.2, 0.25) is 0 Å². The zero-order valence-electron chi connectivity index (χ0n) is 13.1. The molecule has 1 aromatic carbocycles. The van der Waals surface area contributed by atoms with Crippen LogP contribution in [0, 0.1) is 12.7 Å². The Morgan fingerprint density at radius 1 is 1.41 bits per heavy atom. The summed E-state index contributed by atoms with van der Waals surface area (Å²) in [6.07, 6.45) is 4.10. The highest BCUT2D eigenvalue weighted by molar-refractivity contribution is 5.94. The maximum atomic E-state index is 13.3. The van der Waals surface area contributed by atoms with Crippen LogP contribution in [0.4, 0.5) is 4.39 Å². The van der Waals surface area contributed by atoms with Crippen LogP contribution in [0.5, 0.6) is 0 Å². The van der Waals surface area contributed by atoms with Crippen LogP contribution in [-0.2, 0) is 0 Å². The first-order valence-electron chi connectivity index (χ1n) is 8.00. The Morgan fingerprint density at radius 3 is 2.95 bits per heavy atom. The number of aryl methyl sites for hydroxylation is 1. The number of carbonyl (C=O) groups is 1. The average molecular weight is 308 g/mol. The molecule has 0 spiro atoms. The molecule has 1 unspecified atom stereocenters. The maximum absolute atomic E-state index is 13.3.